The molecule has 0 aliphatic heterocycles. The van der Waals surface area contributed by atoms with Crippen LogP contribution in [0.25, 0.3) is 0 Å². The van der Waals surface area contributed by atoms with Crippen LogP contribution in [-0.4, -0.2) is 0 Å². The van der Waals surface area contributed by atoms with Gasteiger partial charge in [0.1, 0.15) is 0 Å². The molecule has 1 unspecified atom stereocenters. The minimum atomic E-state index is 0.167. The smallest absolute Gasteiger partial charge is 0.0447 e. The van der Waals surface area contributed by atoms with Crippen LogP contribution in [0.3, 0.4) is 0 Å². The second kappa shape index (κ2) is 6.15. The zero-order valence-electron chi connectivity index (χ0n) is 12.0. The third-order valence-electron chi connectivity index (χ3n) is 3.76. The van der Waals surface area contributed by atoms with Gasteiger partial charge in [0.05, 0.1) is 0 Å². The van der Waals surface area contributed by atoms with Crippen LogP contribution in [0.5, 0.6) is 0 Å². The maximum absolute atomic E-state index is 6.45. The van der Waals surface area contributed by atoms with Gasteiger partial charge in [-0.15, -0.1) is 0 Å². The Morgan fingerprint density at radius 2 is 1.24 bits per heavy atom. The van der Waals surface area contributed by atoms with Crippen molar-refractivity contribution in [1.29, 1.82) is 0 Å². The summed E-state index contributed by atoms with van der Waals surface area (Å²) in [4.78, 5) is 0. The van der Waals surface area contributed by atoms with E-state index in [1.54, 1.807) is 0 Å². The fraction of sp³-hybridized carbons (Fsp3) is 0.100. The van der Waals surface area contributed by atoms with Crippen LogP contribution in [0.1, 0.15) is 28.2 Å². The van der Waals surface area contributed by atoms with Gasteiger partial charge in [0.25, 0.3) is 0 Å². The molecule has 0 nitrogen and oxygen atoms in total. The van der Waals surface area contributed by atoms with E-state index in [9.17, 15) is 0 Å². The lowest BCUT2D eigenvalue weighted by Gasteiger charge is -2.20. The first-order chi connectivity index (χ1) is 10.3. The molecule has 0 aromatic heterocycles. The lowest BCUT2D eigenvalue weighted by molar-refractivity contribution is 0.976. The van der Waals surface area contributed by atoms with Gasteiger partial charge >= 0.3 is 0 Å². The lowest BCUT2D eigenvalue weighted by Crippen LogP contribution is -2.04. The molecular formula is C20H17Cl. The summed E-state index contributed by atoms with van der Waals surface area (Å²) in [5.74, 6) is 0.167. The first-order valence-corrected chi connectivity index (χ1v) is 7.49. The Balaban J connectivity index is 2.16. The minimum absolute atomic E-state index is 0.167. The van der Waals surface area contributed by atoms with Crippen molar-refractivity contribution < 1.29 is 0 Å². The molecule has 0 saturated carbocycles. The van der Waals surface area contributed by atoms with Gasteiger partial charge in [-0.25, -0.2) is 0 Å². The third kappa shape index (κ3) is 3.01. The molecule has 0 N–H and O–H groups in total. The van der Waals surface area contributed by atoms with E-state index in [0.29, 0.717) is 0 Å². The summed E-state index contributed by atoms with van der Waals surface area (Å²) in [5, 5.41) is 0.812. The van der Waals surface area contributed by atoms with E-state index >= 15 is 0 Å². The standard InChI is InChI=1S/C20H17Cl/c1-15-11-13-17(14-12-15)20(16-7-3-2-4-8-16)18-9-5-6-10-19(18)21/h2-14,20H,1H3. The van der Waals surface area contributed by atoms with Gasteiger partial charge in [0.15, 0.2) is 0 Å². The maximum Gasteiger partial charge on any atom is 0.0447 e. The monoisotopic (exact) mass is 292 g/mol. The summed E-state index contributed by atoms with van der Waals surface area (Å²) < 4.78 is 0. The molecule has 0 bridgehead atoms. The quantitative estimate of drug-likeness (QED) is 0.533. The Bertz CT molecular complexity index is 714. The molecule has 21 heavy (non-hydrogen) atoms. The fourth-order valence-electron chi connectivity index (χ4n) is 2.67. The van der Waals surface area contributed by atoms with Gasteiger partial charge in [-0.1, -0.05) is 90.0 Å². The summed E-state index contributed by atoms with van der Waals surface area (Å²) >= 11 is 6.45. The molecule has 3 rings (SSSR count). The molecule has 1 atom stereocenters. The first kappa shape index (κ1) is 13.9. The number of aryl methyl sites for hydroxylation is 1. The van der Waals surface area contributed by atoms with E-state index in [-0.39, 0.29) is 5.92 Å². The van der Waals surface area contributed by atoms with Crippen molar-refractivity contribution in [3.8, 4) is 0 Å². The molecule has 0 aliphatic carbocycles. The predicted molar refractivity (Wildman–Crippen MR) is 90.0 cm³/mol. The molecule has 3 aromatic carbocycles. The van der Waals surface area contributed by atoms with Crippen LogP contribution >= 0.6 is 11.6 Å². The van der Waals surface area contributed by atoms with Gasteiger partial charge in [0, 0.05) is 10.9 Å². The molecule has 0 heterocycles. The van der Waals surface area contributed by atoms with E-state index in [4.69, 9.17) is 11.6 Å². The topological polar surface area (TPSA) is 0 Å². The van der Waals surface area contributed by atoms with E-state index < -0.39 is 0 Å². The van der Waals surface area contributed by atoms with Crippen LogP contribution in [0, 0.1) is 6.92 Å². The van der Waals surface area contributed by atoms with E-state index in [1.807, 2.05) is 24.3 Å². The average molecular weight is 293 g/mol. The zero-order chi connectivity index (χ0) is 14.7. The second-order valence-corrected chi connectivity index (χ2v) is 5.68. The first-order valence-electron chi connectivity index (χ1n) is 7.11. The molecule has 0 fully saturated rings. The SMILES string of the molecule is Cc1ccc(C(c2ccccc2)c2ccccc2Cl)cc1. The predicted octanol–water partition coefficient (Wildman–Crippen LogP) is 5.83. The Morgan fingerprint density at radius 3 is 1.90 bits per heavy atom. The van der Waals surface area contributed by atoms with Crippen LogP contribution < -0.4 is 0 Å². The number of rotatable bonds is 3. The second-order valence-electron chi connectivity index (χ2n) is 5.28. The zero-order valence-corrected chi connectivity index (χ0v) is 12.7. The van der Waals surface area contributed by atoms with Crippen molar-refractivity contribution in [1.82, 2.24) is 0 Å². The Labute approximate surface area is 131 Å². The van der Waals surface area contributed by atoms with Gasteiger partial charge in [-0.05, 0) is 29.7 Å². The molecule has 0 aliphatic rings. The van der Waals surface area contributed by atoms with Crippen LogP contribution in [-0.2, 0) is 0 Å². The van der Waals surface area contributed by atoms with Crippen molar-refractivity contribution in [2.24, 2.45) is 0 Å². The number of halogens is 1. The third-order valence-corrected chi connectivity index (χ3v) is 4.10. The molecule has 104 valence electrons. The molecule has 1 heteroatoms. The Morgan fingerprint density at radius 1 is 0.667 bits per heavy atom. The largest absolute Gasteiger partial charge is 0.0840 e. The fourth-order valence-corrected chi connectivity index (χ4v) is 2.91. The van der Waals surface area contributed by atoms with Crippen molar-refractivity contribution in [2.75, 3.05) is 0 Å². The van der Waals surface area contributed by atoms with Crippen molar-refractivity contribution in [2.45, 2.75) is 12.8 Å². The van der Waals surface area contributed by atoms with Crippen LogP contribution in [0.15, 0.2) is 78.9 Å². The lowest BCUT2D eigenvalue weighted by atomic mass is 9.85. The highest BCUT2D eigenvalue weighted by Crippen LogP contribution is 2.35. The van der Waals surface area contributed by atoms with Gasteiger partial charge in [0.2, 0.25) is 0 Å². The van der Waals surface area contributed by atoms with Gasteiger partial charge < -0.3 is 0 Å². The molecule has 3 aromatic rings. The number of benzene rings is 3. The number of hydrogen-bond acceptors (Lipinski definition) is 0. The maximum atomic E-state index is 6.45. The van der Waals surface area contributed by atoms with Crippen molar-refractivity contribution in [3.63, 3.8) is 0 Å². The van der Waals surface area contributed by atoms with Crippen LogP contribution in [0.2, 0.25) is 5.02 Å². The highest BCUT2D eigenvalue weighted by molar-refractivity contribution is 6.31. The van der Waals surface area contributed by atoms with Crippen LogP contribution in [0.4, 0.5) is 0 Å². The average Bonchev–Trinajstić information content (AvgIpc) is 2.52. The molecule has 0 amide bonds. The Hall–Kier alpha value is -2.05. The summed E-state index contributed by atoms with van der Waals surface area (Å²) in [6, 6.07) is 27.3. The van der Waals surface area contributed by atoms with Crippen molar-refractivity contribution >= 4 is 11.6 Å². The summed E-state index contributed by atoms with van der Waals surface area (Å²) in [6.45, 7) is 2.11. The molecular weight excluding hydrogens is 276 g/mol. The van der Waals surface area contributed by atoms with E-state index in [2.05, 4.69) is 61.5 Å². The summed E-state index contributed by atoms with van der Waals surface area (Å²) in [6.07, 6.45) is 0. The van der Waals surface area contributed by atoms with Crippen molar-refractivity contribution in [3.05, 3.63) is 106 Å². The number of hydrogen-bond donors (Lipinski definition) is 0. The van der Waals surface area contributed by atoms with E-state index in [1.165, 1.54) is 16.7 Å². The van der Waals surface area contributed by atoms with Gasteiger partial charge in [-0.2, -0.15) is 0 Å². The summed E-state index contributed by atoms with van der Waals surface area (Å²) in [7, 11) is 0. The minimum Gasteiger partial charge on any atom is -0.0840 e. The molecule has 0 radical (unpaired) electrons. The molecule has 0 spiro atoms. The van der Waals surface area contributed by atoms with E-state index in [0.717, 1.165) is 10.6 Å². The molecule has 0 saturated heterocycles. The highest BCUT2D eigenvalue weighted by atomic mass is 35.5. The van der Waals surface area contributed by atoms with Gasteiger partial charge in [-0.3, -0.25) is 0 Å². The highest BCUT2D eigenvalue weighted by Gasteiger charge is 2.18. The Kier molecular flexibility index (Phi) is 4.08. The summed E-state index contributed by atoms with van der Waals surface area (Å²) in [5.41, 5.74) is 4.94. The normalized spacial score (nSPS) is 12.1.